The molecule has 0 unspecified atom stereocenters. The number of carbonyl (C=O) groups is 2. The number of nitrogens with zero attached hydrogens (tertiary/aromatic N) is 2. The molecule has 5 rings (SSSR count). The minimum absolute atomic E-state index is 0.0326. The van der Waals surface area contributed by atoms with Crippen LogP contribution in [-0.4, -0.2) is 16.8 Å². The van der Waals surface area contributed by atoms with E-state index in [-0.39, 0.29) is 11.1 Å². The van der Waals surface area contributed by atoms with Crippen molar-refractivity contribution in [1.29, 1.82) is 0 Å². The first-order chi connectivity index (χ1) is 16.0. The van der Waals surface area contributed by atoms with Gasteiger partial charge in [-0.2, -0.15) is 0 Å². The maximum atomic E-state index is 14.0. The number of anilines is 1. The monoisotopic (exact) mass is 442 g/mol. The van der Waals surface area contributed by atoms with E-state index in [2.05, 4.69) is 0 Å². The number of imide groups is 1. The van der Waals surface area contributed by atoms with E-state index in [4.69, 9.17) is 4.98 Å². The molecule has 0 bridgehead atoms. The largest absolute Gasteiger partial charge is 0.268 e. The molecule has 6 heteroatoms. The topological polar surface area (TPSA) is 50.3 Å². The molecule has 1 aliphatic carbocycles. The Morgan fingerprint density at radius 3 is 2.00 bits per heavy atom. The van der Waals surface area contributed by atoms with Gasteiger partial charge in [0.15, 0.2) is 0 Å². The normalized spacial score (nSPS) is 12.9. The Balaban J connectivity index is 1.79. The first kappa shape index (κ1) is 20.9. The molecule has 164 valence electrons. The molecule has 0 radical (unpaired) electrons. The third-order valence-corrected chi connectivity index (χ3v) is 5.91. The highest BCUT2D eigenvalue weighted by Crippen LogP contribution is 2.37. The van der Waals surface area contributed by atoms with Crippen molar-refractivity contribution in [2.75, 3.05) is 4.90 Å². The van der Waals surface area contributed by atoms with Crippen molar-refractivity contribution in [2.24, 2.45) is 0 Å². The molecule has 4 aromatic rings. The molecule has 33 heavy (non-hydrogen) atoms. The van der Waals surface area contributed by atoms with Crippen LogP contribution in [0.15, 0.2) is 72.8 Å². The van der Waals surface area contributed by atoms with E-state index in [1.54, 1.807) is 0 Å². The fraction of sp³-hybridized carbons (Fsp3) is 0.148. The van der Waals surface area contributed by atoms with Crippen LogP contribution in [-0.2, 0) is 12.8 Å². The molecule has 2 amide bonds. The zero-order valence-corrected chi connectivity index (χ0v) is 17.7. The average molecular weight is 442 g/mol. The number of amides is 2. The van der Waals surface area contributed by atoms with Crippen molar-refractivity contribution < 1.29 is 18.4 Å². The third kappa shape index (κ3) is 3.89. The first-order valence-corrected chi connectivity index (χ1v) is 10.8. The quantitative estimate of drug-likeness (QED) is 0.373. The SMILES string of the molecule is O=C(c1cccc(F)c1)N(C(=O)c1cccc(F)c1)c1c2c(nc3ccccc13)CCCC2. The fourth-order valence-corrected chi connectivity index (χ4v) is 4.40. The number of rotatable bonds is 3. The Bertz CT molecular complexity index is 1340. The van der Waals surface area contributed by atoms with Crippen LogP contribution >= 0.6 is 0 Å². The Morgan fingerprint density at radius 2 is 1.36 bits per heavy atom. The summed E-state index contributed by atoms with van der Waals surface area (Å²) < 4.78 is 28.0. The Labute approximate surface area is 189 Å². The van der Waals surface area contributed by atoms with E-state index < -0.39 is 23.4 Å². The van der Waals surface area contributed by atoms with Gasteiger partial charge in [-0.15, -0.1) is 0 Å². The molecule has 0 spiro atoms. The summed E-state index contributed by atoms with van der Waals surface area (Å²) >= 11 is 0. The van der Waals surface area contributed by atoms with Crippen LogP contribution in [0.1, 0.15) is 44.8 Å². The second kappa shape index (κ2) is 8.54. The van der Waals surface area contributed by atoms with Gasteiger partial charge in [0.25, 0.3) is 11.8 Å². The molecular weight excluding hydrogens is 422 g/mol. The molecule has 4 nitrogen and oxygen atoms in total. The number of benzene rings is 3. The van der Waals surface area contributed by atoms with Gasteiger partial charge in [0.2, 0.25) is 0 Å². The Kier molecular flexibility index (Phi) is 5.42. The van der Waals surface area contributed by atoms with Gasteiger partial charge in [-0.05, 0) is 73.7 Å². The van der Waals surface area contributed by atoms with Gasteiger partial charge in [-0.1, -0.05) is 30.3 Å². The number of para-hydroxylation sites is 1. The molecule has 0 fully saturated rings. The maximum absolute atomic E-state index is 14.0. The standard InChI is InChI=1S/C27H20F2N2O2/c28-19-9-5-7-17(15-19)26(32)31(27(33)18-8-6-10-20(29)16-18)25-21-11-1-3-13-23(21)30-24-14-4-2-12-22(24)25/h1,3,5-11,13,15-16H,2,4,12,14H2. The summed E-state index contributed by atoms with van der Waals surface area (Å²) in [7, 11) is 0. The van der Waals surface area contributed by atoms with E-state index in [0.29, 0.717) is 23.0 Å². The first-order valence-electron chi connectivity index (χ1n) is 10.8. The van der Waals surface area contributed by atoms with Crippen LogP contribution in [0.5, 0.6) is 0 Å². The van der Waals surface area contributed by atoms with Gasteiger partial charge in [0.05, 0.1) is 11.2 Å². The zero-order valence-electron chi connectivity index (χ0n) is 17.7. The summed E-state index contributed by atoms with van der Waals surface area (Å²) in [5.74, 6) is -2.51. The number of hydrogen-bond acceptors (Lipinski definition) is 3. The molecule has 0 atom stereocenters. The molecule has 0 aliphatic heterocycles. The van der Waals surface area contributed by atoms with Crippen LogP contribution in [0.4, 0.5) is 14.5 Å². The van der Waals surface area contributed by atoms with E-state index in [9.17, 15) is 18.4 Å². The molecule has 0 saturated heterocycles. The zero-order chi connectivity index (χ0) is 22.9. The van der Waals surface area contributed by atoms with Crippen LogP contribution < -0.4 is 4.90 Å². The van der Waals surface area contributed by atoms with E-state index in [1.807, 2.05) is 24.3 Å². The van der Waals surface area contributed by atoms with Crippen LogP contribution in [0.25, 0.3) is 10.9 Å². The number of fused-ring (bicyclic) bond motifs is 2. The second-order valence-corrected chi connectivity index (χ2v) is 8.08. The van der Waals surface area contributed by atoms with Crippen molar-refractivity contribution in [3.05, 3.63) is 107 Å². The molecule has 1 aromatic heterocycles. The minimum Gasteiger partial charge on any atom is -0.268 e. The average Bonchev–Trinajstić information content (AvgIpc) is 2.83. The molecular formula is C27H20F2N2O2. The number of carbonyl (C=O) groups excluding carboxylic acids is 2. The number of aromatic nitrogens is 1. The van der Waals surface area contributed by atoms with E-state index >= 15 is 0 Å². The molecule has 1 heterocycles. The van der Waals surface area contributed by atoms with Crippen molar-refractivity contribution in [1.82, 2.24) is 4.98 Å². The maximum Gasteiger partial charge on any atom is 0.265 e. The number of pyridine rings is 1. The van der Waals surface area contributed by atoms with Gasteiger partial charge in [-0.25, -0.2) is 13.7 Å². The lowest BCUT2D eigenvalue weighted by Crippen LogP contribution is -2.38. The summed E-state index contributed by atoms with van der Waals surface area (Å²) in [6.07, 6.45) is 3.26. The molecule has 1 aliphatic rings. The van der Waals surface area contributed by atoms with Crippen molar-refractivity contribution >= 4 is 28.4 Å². The van der Waals surface area contributed by atoms with Crippen LogP contribution in [0.3, 0.4) is 0 Å². The molecule has 3 aromatic carbocycles. The lowest BCUT2D eigenvalue weighted by atomic mass is 9.91. The Hall–Kier alpha value is -3.93. The summed E-state index contributed by atoms with van der Waals surface area (Å²) in [4.78, 5) is 33.4. The summed E-state index contributed by atoms with van der Waals surface area (Å²) in [6.45, 7) is 0. The number of aryl methyl sites for hydroxylation is 1. The number of hydrogen-bond donors (Lipinski definition) is 0. The van der Waals surface area contributed by atoms with Crippen molar-refractivity contribution in [2.45, 2.75) is 25.7 Å². The highest BCUT2D eigenvalue weighted by molar-refractivity contribution is 6.28. The summed E-state index contributed by atoms with van der Waals surface area (Å²) in [5.41, 5.74) is 2.85. The molecule has 0 N–H and O–H groups in total. The highest BCUT2D eigenvalue weighted by Gasteiger charge is 2.32. The summed E-state index contributed by atoms with van der Waals surface area (Å²) in [6, 6.07) is 17.8. The van der Waals surface area contributed by atoms with Gasteiger partial charge in [0.1, 0.15) is 11.6 Å². The Morgan fingerprint density at radius 1 is 0.758 bits per heavy atom. The predicted molar refractivity (Wildman–Crippen MR) is 122 cm³/mol. The highest BCUT2D eigenvalue weighted by atomic mass is 19.1. The van der Waals surface area contributed by atoms with Gasteiger partial charge in [0, 0.05) is 22.2 Å². The van der Waals surface area contributed by atoms with Crippen LogP contribution in [0, 0.1) is 11.6 Å². The van der Waals surface area contributed by atoms with Crippen LogP contribution in [0.2, 0.25) is 0 Å². The van der Waals surface area contributed by atoms with Crippen molar-refractivity contribution in [3.63, 3.8) is 0 Å². The van der Waals surface area contributed by atoms with E-state index in [1.165, 1.54) is 36.4 Å². The van der Waals surface area contributed by atoms with Crippen molar-refractivity contribution in [3.8, 4) is 0 Å². The number of halogens is 2. The predicted octanol–water partition coefficient (Wildman–Crippen LogP) is 5.88. The lowest BCUT2D eigenvalue weighted by molar-refractivity contribution is 0.0897. The van der Waals surface area contributed by atoms with Gasteiger partial charge in [-0.3, -0.25) is 14.6 Å². The third-order valence-electron chi connectivity index (χ3n) is 5.91. The van der Waals surface area contributed by atoms with E-state index in [0.717, 1.165) is 47.6 Å². The smallest absolute Gasteiger partial charge is 0.265 e. The van der Waals surface area contributed by atoms with Gasteiger partial charge >= 0.3 is 0 Å². The lowest BCUT2D eigenvalue weighted by Gasteiger charge is -2.28. The van der Waals surface area contributed by atoms with Gasteiger partial charge < -0.3 is 0 Å². The fourth-order valence-electron chi connectivity index (χ4n) is 4.40. The second-order valence-electron chi connectivity index (χ2n) is 8.08. The minimum atomic E-state index is -0.673. The summed E-state index contributed by atoms with van der Waals surface area (Å²) in [5, 5.41) is 0.646. The molecule has 0 saturated carbocycles.